The van der Waals surface area contributed by atoms with Gasteiger partial charge in [-0.15, -0.1) is 0 Å². The van der Waals surface area contributed by atoms with Gasteiger partial charge in [0.05, 0.1) is 29.8 Å². The van der Waals surface area contributed by atoms with Crippen molar-refractivity contribution in [3.8, 4) is 5.75 Å². The van der Waals surface area contributed by atoms with Gasteiger partial charge in [-0.2, -0.15) is 0 Å². The van der Waals surface area contributed by atoms with Crippen LogP contribution in [0.4, 0.5) is 0 Å². The molecule has 4 aliphatic rings. The van der Waals surface area contributed by atoms with E-state index in [1.807, 2.05) is 26.0 Å². The number of benzene rings is 1. The summed E-state index contributed by atoms with van der Waals surface area (Å²) in [6.07, 6.45) is 1.44. The minimum atomic E-state index is -0.509. The second-order valence-corrected chi connectivity index (χ2v) is 9.95. The maximum absolute atomic E-state index is 13.0. The molecule has 5 rings (SSSR count). The van der Waals surface area contributed by atoms with Crippen LogP contribution in [0.3, 0.4) is 0 Å². The van der Waals surface area contributed by atoms with Gasteiger partial charge in [0, 0.05) is 5.82 Å². The quantitative estimate of drug-likeness (QED) is 0.562. The van der Waals surface area contributed by atoms with E-state index in [0.717, 1.165) is 18.6 Å². The van der Waals surface area contributed by atoms with Crippen LogP contribution in [0.25, 0.3) is 0 Å². The fraction of sp³-hybridized carbons (Fsp3) is 0.682. The average molecular weight is 386 g/mol. The van der Waals surface area contributed by atoms with Crippen molar-refractivity contribution in [2.45, 2.75) is 82.9 Å². The smallest absolute Gasteiger partial charge is 0.463 e. The Hall–Kier alpha value is -1.53. The number of ether oxygens (including phenoxy) is 2. The maximum Gasteiger partial charge on any atom is 0.463 e. The van der Waals surface area contributed by atoms with Crippen LogP contribution in [0.1, 0.15) is 59.9 Å². The van der Waals surface area contributed by atoms with Crippen molar-refractivity contribution in [3.63, 3.8) is 0 Å². The third-order valence-electron chi connectivity index (χ3n) is 7.41. The molecule has 0 radical (unpaired) electrons. The van der Waals surface area contributed by atoms with Gasteiger partial charge in [-0.05, 0) is 77.5 Å². The number of hydrogen-bond donors (Lipinski definition) is 0. The molecule has 0 spiro atoms. The Kier molecular flexibility index (Phi) is 4.23. The fourth-order valence-corrected chi connectivity index (χ4v) is 5.24. The lowest BCUT2D eigenvalue weighted by Gasteiger charge is -2.75. The minimum Gasteiger partial charge on any atom is -0.497 e. The molecule has 1 aromatic rings. The maximum atomic E-state index is 13.0. The Morgan fingerprint density at radius 1 is 1.07 bits per heavy atom. The van der Waals surface area contributed by atoms with E-state index < -0.39 is 23.7 Å². The summed E-state index contributed by atoms with van der Waals surface area (Å²) in [4.78, 5) is 13.0. The van der Waals surface area contributed by atoms with E-state index in [4.69, 9.17) is 18.8 Å². The molecule has 1 aromatic carbocycles. The summed E-state index contributed by atoms with van der Waals surface area (Å²) < 4.78 is 23.7. The lowest BCUT2D eigenvalue weighted by atomic mass is 9.20. The fourth-order valence-electron chi connectivity index (χ4n) is 5.24. The van der Waals surface area contributed by atoms with Crippen LogP contribution < -0.4 is 4.74 Å². The zero-order chi connectivity index (χ0) is 20.5. The lowest BCUT2D eigenvalue weighted by molar-refractivity contribution is -0.207. The van der Waals surface area contributed by atoms with Gasteiger partial charge in [0.15, 0.2) is 0 Å². The van der Waals surface area contributed by atoms with Gasteiger partial charge in [0.25, 0.3) is 0 Å². The van der Waals surface area contributed by atoms with Crippen LogP contribution in [0.5, 0.6) is 5.75 Å². The van der Waals surface area contributed by atoms with Gasteiger partial charge in [-0.25, -0.2) is 0 Å². The van der Waals surface area contributed by atoms with E-state index in [1.165, 1.54) is 5.56 Å². The van der Waals surface area contributed by atoms with E-state index in [2.05, 4.69) is 39.8 Å². The highest BCUT2D eigenvalue weighted by molar-refractivity contribution is 6.50. The van der Waals surface area contributed by atoms with Gasteiger partial charge in [-0.3, -0.25) is 4.79 Å². The summed E-state index contributed by atoms with van der Waals surface area (Å²) in [5.74, 6) is 0.676. The number of carbonyl (C=O) groups is 1. The Morgan fingerprint density at radius 2 is 1.61 bits per heavy atom. The van der Waals surface area contributed by atoms with E-state index >= 15 is 0 Å². The summed E-state index contributed by atoms with van der Waals surface area (Å²) >= 11 is 0. The molecule has 1 saturated heterocycles. The molecule has 1 unspecified atom stereocenters. The third kappa shape index (κ3) is 2.50. The molecule has 1 heterocycles. The molecule has 5 nitrogen and oxygen atoms in total. The van der Waals surface area contributed by atoms with Crippen molar-refractivity contribution in [1.29, 1.82) is 0 Å². The molecule has 4 fully saturated rings. The highest BCUT2D eigenvalue weighted by atomic mass is 16.7. The highest BCUT2D eigenvalue weighted by Gasteiger charge is 2.84. The second kappa shape index (κ2) is 5.99. The summed E-state index contributed by atoms with van der Waals surface area (Å²) in [5, 5.41) is 0. The van der Waals surface area contributed by atoms with Crippen LogP contribution in [0, 0.1) is 5.41 Å². The Bertz CT molecular complexity index is 761. The van der Waals surface area contributed by atoms with E-state index in [-0.39, 0.29) is 23.3 Å². The van der Waals surface area contributed by atoms with E-state index in [9.17, 15) is 4.79 Å². The van der Waals surface area contributed by atoms with E-state index in [0.29, 0.717) is 0 Å². The molecule has 2 bridgehead atoms. The first-order valence-corrected chi connectivity index (χ1v) is 10.2. The van der Waals surface area contributed by atoms with Crippen molar-refractivity contribution in [2.24, 2.45) is 5.41 Å². The number of rotatable bonds is 5. The largest absolute Gasteiger partial charge is 0.497 e. The zero-order valence-electron chi connectivity index (χ0n) is 18.0. The number of methoxy groups -OCH3 is 1. The van der Waals surface area contributed by atoms with Crippen LogP contribution in [-0.2, 0) is 24.3 Å². The Balaban J connectivity index is 1.67. The van der Waals surface area contributed by atoms with Crippen LogP contribution in [0.15, 0.2) is 24.3 Å². The first-order chi connectivity index (χ1) is 13.0. The lowest BCUT2D eigenvalue weighted by Crippen LogP contribution is -2.76. The molecule has 3 aliphatic carbocycles. The molecular formula is C22H31BO5. The predicted octanol–water partition coefficient (Wildman–Crippen LogP) is 4.14. The SMILES string of the molecule is COc1ccc(C23CC(C(=O)OC(C)C)(C2)C3B2OC(C)(C)C(C)(C)O2)cc1. The van der Waals surface area contributed by atoms with Crippen molar-refractivity contribution in [2.75, 3.05) is 7.11 Å². The van der Waals surface area contributed by atoms with E-state index in [1.54, 1.807) is 7.11 Å². The molecule has 0 amide bonds. The van der Waals surface area contributed by atoms with Gasteiger partial charge in [-0.1, -0.05) is 12.1 Å². The molecule has 0 aromatic heterocycles. The van der Waals surface area contributed by atoms with Crippen LogP contribution in [-0.4, -0.2) is 37.5 Å². The molecule has 3 saturated carbocycles. The second-order valence-electron chi connectivity index (χ2n) is 9.95. The van der Waals surface area contributed by atoms with Crippen molar-refractivity contribution >= 4 is 13.1 Å². The predicted molar refractivity (Wildman–Crippen MR) is 107 cm³/mol. The standard InChI is InChI=1S/C22H31BO5/c1-14(2)26-18(24)22-12-21(13-22,15-8-10-16(25-7)11-9-15)17(22)23-27-19(3,4)20(5,6)28-23/h8-11,14,17H,12-13H2,1-7H3. The van der Waals surface area contributed by atoms with Gasteiger partial charge < -0.3 is 18.8 Å². The topological polar surface area (TPSA) is 54.0 Å². The van der Waals surface area contributed by atoms with Crippen LogP contribution >= 0.6 is 0 Å². The monoisotopic (exact) mass is 386 g/mol. The normalized spacial score (nSPS) is 34.6. The molecule has 28 heavy (non-hydrogen) atoms. The number of hydrogen-bond acceptors (Lipinski definition) is 5. The number of esters is 1. The van der Waals surface area contributed by atoms with Crippen LogP contribution in [0.2, 0.25) is 5.82 Å². The third-order valence-corrected chi connectivity index (χ3v) is 7.41. The molecular weight excluding hydrogens is 355 g/mol. The van der Waals surface area contributed by atoms with Gasteiger partial charge in [0.2, 0.25) is 0 Å². The summed E-state index contributed by atoms with van der Waals surface area (Å²) in [7, 11) is 1.24. The number of carbonyl (C=O) groups excluding carboxylic acids is 1. The Labute approximate surface area is 168 Å². The highest BCUT2D eigenvalue weighted by Crippen LogP contribution is 2.82. The van der Waals surface area contributed by atoms with Crippen molar-refractivity contribution in [1.82, 2.24) is 0 Å². The van der Waals surface area contributed by atoms with Crippen molar-refractivity contribution in [3.05, 3.63) is 29.8 Å². The van der Waals surface area contributed by atoms with Gasteiger partial charge in [0.1, 0.15) is 5.75 Å². The first-order valence-electron chi connectivity index (χ1n) is 10.2. The van der Waals surface area contributed by atoms with Crippen molar-refractivity contribution < 1.29 is 23.6 Å². The van der Waals surface area contributed by atoms with Gasteiger partial charge >= 0.3 is 13.1 Å². The first kappa shape index (κ1) is 19.8. The summed E-state index contributed by atoms with van der Waals surface area (Å²) in [6.45, 7) is 12.0. The minimum absolute atomic E-state index is 0.0410. The zero-order valence-corrected chi connectivity index (χ0v) is 18.0. The molecule has 1 aliphatic heterocycles. The molecule has 6 heteroatoms. The molecule has 1 atom stereocenters. The molecule has 0 N–H and O–H groups in total. The average Bonchev–Trinajstić information content (AvgIpc) is 2.72. The Morgan fingerprint density at radius 3 is 2.07 bits per heavy atom. The molecule has 152 valence electrons. The summed E-state index contributed by atoms with van der Waals surface area (Å²) in [5.41, 5.74) is -0.255. The summed E-state index contributed by atoms with van der Waals surface area (Å²) in [6, 6.07) is 8.17.